The second kappa shape index (κ2) is 36.2. The van der Waals surface area contributed by atoms with E-state index in [9.17, 15) is 47.6 Å². The molecule has 113 heavy (non-hydrogen) atoms. The van der Waals surface area contributed by atoms with Crippen molar-refractivity contribution >= 4 is 108 Å². The number of piperazine rings is 2. The van der Waals surface area contributed by atoms with Gasteiger partial charge in [0.25, 0.3) is 21.6 Å². The fourth-order valence-electron chi connectivity index (χ4n) is 16.7. The number of nitro benzene ring substituents is 1. The van der Waals surface area contributed by atoms with Gasteiger partial charge in [-0.1, -0.05) is 101 Å². The molecule has 26 nitrogen and oxygen atoms in total. The topological polar surface area (TPSA) is 310 Å². The number of nitrogens with one attached hydrogen (secondary N) is 5. The van der Waals surface area contributed by atoms with Crippen LogP contribution in [0.3, 0.4) is 0 Å². The van der Waals surface area contributed by atoms with Crippen molar-refractivity contribution in [3.8, 4) is 16.3 Å². The van der Waals surface area contributed by atoms with Crippen LogP contribution in [0.4, 0.5) is 28.4 Å². The Kier molecular flexibility index (Phi) is 26.3. The van der Waals surface area contributed by atoms with Crippen molar-refractivity contribution in [1.82, 2.24) is 49.9 Å². The van der Waals surface area contributed by atoms with E-state index in [1.54, 1.807) is 23.6 Å². The molecule has 0 saturated carbocycles. The number of nitro groups is 1. The second-order valence-corrected chi connectivity index (χ2v) is 35.7. The number of hydrogen-bond donors (Lipinski definition) is 6. The van der Waals surface area contributed by atoms with Crippen molar-refractivity contribution < 1.29 is 51.9 Å². The molecule has 13 rings (SSSR count). The molecule has 1 aliphatic carbocycles. The van der Waals surface area contributed by atoms with Gasteiger partial charge < -0.3 is 55.1 Å². The number of H-pyrrole nitrogens is 1. The number of β-amino-alcohol motifs (C(OH)–C–C–N with tert-alkyl or cyclic N) is 1. The lowest BCUT2D eigenvalue weighted by Gasteiger charge is -2.44. The number of benzene rings is 4. The number of sulfonamides is 1. The number of hydrogen-bond acceptors (Lipinski definition) is 20. The third-order valence-corrected chi connectivity index (χ3v) is 25.8. The molecule has 8 heterocycles. The van der Waals surface area contributed by atoms with Gasteiger partial charge in [-0.15, -0.1) is 11.3 Å². The molecular weight excluding hydrogens is 1500 g/mol. The number of carbonyl (C=O) groups is 5. The predicted octanol–water partition coefficient (Wildman–Crippen LogP) is 12.4. The normalized spacial score (nSPS) is 20.1. The number of ether oxygens (including phenoxy) is 2. The molecule has 0 unspecified atom stereocenters. The Hall–Kier alpha value is -9.03. The zero-order valence-electron chi connectivity index (χ0n) is 65.6. The molecule has 6 aliphatic rings. The number of aromatic nitrogens is 3. The summed E-state index contributed by atoms with van der Waals surface area (Å²) >= 11 is 8.09. The Morgan fingerprint density at radius 3 is 2.27 bits per heavy atom. The van der Waals surface area contributed by atoms with Gasteiger partial charge in [0.1, 0.15) is 29.1 Å². The van der Waals surface area contributed by atoms with Gasteiger partial charge >= 0.3 is 0 Å². The molecule has 0 bridgehead atoms. The summed E-state index contributed by atoms with van der Waals surface area (Å²) in [6, 6.07) is 26.9. The third-order valence-electron chi connectivity index (χ3n) is 23.3. The minimum Gasteiger partial charge on any atom is -0.476 e. The van der Waals surface area contributed by atoms with Crippen molar-refractivity contribution in [3.63, 3.8) is 0 Å². The molecule has 5 atom stereocenters. The minimum absolute atomic E-state index is 0.00495. The number of aliphatic hydroxyl groups is 1. The summed E-state index contributed by atoms with van der Waals surface area (Å²) in [4.78, 5) is 107. The molecule has 7 aromatic rings. The molecule has 0 spiro atoms. The SMILES string of the molecule is Cc1ncsc1-c1ccc([C@H](C)NC(=O)[C@@H]2C[C@@H](O)CN2C(=O)[C@@H](NC(=O)CCCCCCCC(=O)N2CCN(C[C@@]3(C)CCC(CN4CCN(c5ccc(C(=O)NS(=O)(=O)c6ccc(NCC7CCOCC7)c([N+](=O)[O-])c6)c(N6CCCOc7nc8[nH]ccc8cc76)c5)CC4)=C(c4ccc(Cl)cc4)C3)CC2)C(C)(C)C)cc1. The van der Waals surface area contributed by atoms with E-state index in [1.165, 1.54) is 33.7 Å². The van der Waals surface area contributed by atoms with Gasteiger partial charge in [0.2, 0.25) is 29.5 Å². The highest BCUT2D eigenvalue weighted by Crippen LogP contribution is 2.46. The first-order valence-corrected chi connectivity index (χ1v) is 42.7. The molecule has 29 heteroatoms. The Morgan fingerprint density at radius 2 is 1.55 bits per heavy atom. The maximum atomic E-state index is 14.7. The van der Waals surface area contributed by atoms with Gasteiger partial charge in [0.15, 0.2) is 0 Å². The van der Waals surface area contributed by atoms with E-state index in [0.717, 1.165) is 136 Å². The number of unbranched alkanes of at least 4 members (excludes halogenated alkanes) is 4. The van der Waals surface area contributed by atoms with E-state index in [4.69, 9.17) is 26.1 Å². The van der Waals surface area contributed by atoms with Crippen molar-refractivity contribution in [2.45, 2.75) is 161 Å². The Morgan fingerprint density at radius 1 is 0.832 bits per heavy atom. The molecule has 0 radical (unpaired) electrons. The number of thiazole rings is 1. The average molecular weight is 1600 g/mol. The summed E-state index contributed by atoms with van der Waals surface area (Å²) < 4.78 is 42.3. The summed E-state index contributed by atoms with van der Waals surface area (Å²) in [5.41, 5.74) is 10.4. The number of likely N-dealkylation sites (tertiary alicyclic amines) is 1. The van der Waals surface area contributed by atoms with Crippen LogP contribution in [-0.4, -0.2) is 206 Å². The van der Waals surface area contributed by atoms with Gasteiger partial charge in [-0.2, -0.15) is 4.98 Å². The number of nitrogens with zero attached hydrogens (tertiary/aromatic N) is 9. The van der Waals surface area contributed by atoms with Crippen LogP contribution >= 0.6 is 22.9 Å². The molecule has 5 amide bonds. The van der Waals surface area contributed by atoms with Crippen LogP contribution in [-0.2, 0) is 33.9 Å². The predicted molar refractivity (Wildman–Crippen MR) is 440 cm³/mol. The molecule has 4 saturated heterocycles. The highest BCUT2D eigenvalue weighted by atomic mass is 35.5. The zero-order chi connectivity index (χ0) is 79.7. The molecular formula is C84H107ClN14O12S2. The summed E-state index contributed by atoms with van der Waals surface area (Å²) in [5.74, 6) is -1.11. The van der Waals surface area contributed by atoms with Crippen LogP contribution in [0.5, 0.6) is 5.88 Å². The lowest BCUT2D eigenvalue weighted by atomic mass is 9.70. The second-order valence-electron chi connectivity index (χ2n) is 32.7. The van der Waals surface area contributed by atoms with E-state index < -0.39 is 60.9 Å². The van der Waals surface area contributed by atoms with Crippen LogP contribution in [0.15, 0.2) is 119 Å². The van der Waals surface area contributed by atoms with Crippen molar-refractivity contribution in [2.24, 2.45) is 16.7 Å². The number of carbonyl (C=O) groups excluding carboxylic acids is 5. The summed E-state index contributed by atoms with van der Waals surface area (Å²) in [7, 11) is -4.63. The number of aliphatic hydroxyl groups excluding tert-OH is 1. The van der Waals surface area contributed by atoms with Crippen LogP contribution in [0.2, 0.25) is 5.02 Å². The first kappa shape index (κ1) is 82.0. The van der Waals surface area contributed by atoms with E-state index >= 15 is 0 Å². The van der Waals surface area contributed by atoms with Crippen molar-refractivity contribution in [2.75, 3.05) is 120 Å². The van der Waals surface area contributed by atoms with Gasteiger partial charge in [0.05, 0.1) is 55.9 Å². The zero-order valence-corrected chi connectivity index (χ0v) is 68.0. The number of amides is 5. The molecule has 6 N–H and O–H groups in total. The number of aromatic amines is 1. The average Bonchev–Trinajstić information content (AvgIpc) is 1.73. The number of fused-ring (bicyclic) bond motifs is 2. The van der Waals surface area contributed by atoms with E-state index in [1.807, 2.05) is 111 Å². The first-order valence-electron chi connectivity index (χ1n) is 40.0. The summed E-state index contributed by atoms with van der Waals surface area (Å²) in [5, 5.41) is 33.9. The fourth-order valence-corrected chi connectivity index (χ4v) is 18.6. The van der Waals surface area contributed by atoms with Crippen LogP contribution in [0.1, 0.15) is 158 Å². The minimum atomic E-state index is -4.63. The highest BCUT2D eigenvalue weighted by molar-refractivity contribution is 7.90. The largest absolute Gasteiger partial charge is 0.476 e. The summed E-state index contributed by atoms with van der Waals surface area (Å²) in [6.07, 6.45) is 10.7. The smallest absolute Gasteiger partial charge is 0.293 e. The highest BCUT2D eigenvalue weighted by Gasteiger charge is 2.45. The standard InChI is InChI=1S/C84H107ClN14O12S2/c1-55(58-15-17-60(18-16-58)76-56(2)88-54-112-76)89-80(104)72-47-65(100)52-98(72)82(105)77(83(3,4)5)90-74(101)13-10-8-7-9-11-14-75(102)96-40-36-94(37-41-96)53-84(6)31-27-62(68(49-84)59-19-21-63(85)22-20-59)51-93-34-38-95(39-35-93)64-23-25-67(70(46-64)97-33-12-42-111-81-73(97)45-61-28-32-86-78(61)91-81)79(103)92-113(108,109)66-24-26-69(71(48-66)99(106)107)87-50-57-29-43-110-44-30-57/h15-26,28,32,45-46,48,54-55,57,65,72,77,87,100H,7-14,27,29-31,33-44,47,49-53H2,1-6H3,(H,86,91)(H,89,104)(H,90,101)(H,92,103)/t55-,65+,72-,77+,84-/m0/s1. The van der Waals surface area contributed by atoms with Gasteiger partial charge in [-0.3, -0.25) is 43.9 Å². The third kappa shape index (κ3) is 20.2. The Bertz CT molecular complexity index is 4720. The number of rotatable bonds is 28. The molecule has 4 aromatic carbocycles. The number of allylic oxidation sites excluding steroid dienone is 1. The van der Waals surface area contributed by atoms with E-state index in [2.05, 4.69) is 64.4 Å². The Labute approximate surface area is 671 Å². The molecule has 4 fully saturated rings. The Balaban J connectivity index is 0.576. The number of pyridine rings is 1. The molecule has 5 aliphatic heterocycles. The van der Waals surface area contributed by atoms with E-state index in [0.29, 0.717) is 106 Å². The molecule has 604 valence electrons. The van der Waals surface area contributed by atoms with Crippen LogP contribution < -0.4 is 35.2 Å². The maximum absolute atomic E-state index is 14.7. The van der Waals surface area contributed by atoms with Crippen molar-refractivity contribution in [3.05, 3.63) is 152 Å². The monoisotopic (exact) mass is 1600 g/mol. The van der Waals surface area contributed by atoms with Gasteiger partial charge in [-0.25, -0.2) is 18.1 Å². The lowest BCUT2D eigenvalue weighted by molar-refractivity contribution is -0.384. The maximum Gasteiger partial charge on any atom is 0.293 e. The van der Waals surface area contributed by atoms with Crippen LogP contribution in [0, 0.1) is 33.8 Å². The number of aryl methyl sites for hydroxylation is 1. The number of halogens is 1. The summed E-state index contributed by atoms with van der Waals surface area (Å²) in [6.45, 7) is 21.9. The van der Waals surface area contributed by atoms with Crippen molar-refractivity contribution in [1.29, 1.82) is 0 Å². The van der Waals surface area contributed by atoms with Crippen LogP contribution in [0.25, 0.3) is 27.0 Å². The quantitative estimate of drug-likeness (QED) is 0.0151. The lowest BCUT2D eigenvalue weighted by Crippen LogP contribution is -2.57. The van der Waals surface area contributed by atoms with Gasteiger partial charge in [-0.05, 0) is 159 Å². The van der Waals surface area contributed by atoms with Gasteiger partial charge in [0, 0.05) is 146 Å². The first-order chi connectivity index (χ1) is 54.2. The molecule has 3 aromatic heterocycles. The fraction of sp³-hybridized carbons (Fsp3) is 0.512. The van der Waals surface area contributed by atoms with E-state index in [-0.39, 0.29) is 65.7 Å². The number of anilines is 4.